The molecule has 1 heterocycles. The molecule has 0 saturated carbocycles. The summed E-state index contributed by atoms with van der Waals surface area (Å²) in [5.41, 5.74) is 2.96. The normalized spacial score (nSPS) is 17.7. The molecule has 0 saturated heterocycles. The number of ether oxygens (including phenoxy) is 1. The maximum atomic E-state index is 13.2. The van der Waals surface area contributed by atoms with Crippen molar-refractivity contribution in [3.05, 3.63) is 71.0 Å². The summed E-state index contributed by atoms with van der Waals surface area (Å²) in [5, 5.41) is 0. The van der Waals surface area contributed by atoms with Gasteiger partial charge in [-0.15, -0.1) is 0 Å². The first-order chi connectivity index (χ1) is 8.74. The van der Waals surface area contributed by atoms with Crippen LogP contribution in [-0.2, 0) is 4.74 Å². The molecule has 0 radical (unpaired) electrons. The van der Waals surface area contributed by atoms with E-state index in [-0.39, 0.29) is 11.9 Å². The van der Waals surface area contributed by atoms with Crippen LogP contribution in [0.15, 0.2) is 48.5 Å². The topological polar surface area (TPSA) is 9.23 Å². The van der Waals surface area contributed by atoms with Gasteiger partial charge in [-0.1, -0.05) is 36.4 Å². The summed E-state index contributed by atoms with van der Waals surface area (Å²) in [4.78, 5) is 0. The lowest BCUT2D eigenvalue weighted by Crippen LogP contribution is -2.07. The van der Waals surface area contributed by atoms with Gasteiger partial charge in [-0.2, -0.15) is 0 Å². The fraction of sp³-hybridized carbons (Fsp3) is 0.125. The number of benzene rings is 2. The molecule has 0 bridgehead atoms. The van der Waals surface area contributed by atoms with E-state index in [0.717, 1.165) is 22.4 Å². The van der Waals surface area contributed by atoms with E-state index >= 15 is 0 Å². The van der Waals surface area contributed by atoms with Gasteiger partial charge in [-0.3, -0.25) is 0 Å². The molecule has 18 heavy (non-hydrogen) atoms. The van der Waals surface area contributed by atoms with Gasteiger partial charge >= 0.3 is 0 Å². The van der Waals surface area contributed by atoms with Crippen LogP contribution in [-0.4, -0.2) is 0 Å². The summed E-state index contributed by atoms with van der Waals surface area (Å²) in [7, 11) is 0. The molecule has 1 atom stereocenters. The molecule has 2 heteroatoms. The molecule has 0 spiro atoms. The van der Waals surface area contributed by atoms with E-state index in [4.69, 9.17) is 4.74 Å². The predicted molar refractivity (Wildman–Crippen MR) is 70.2 cm³/mol. The first kappa shape index (κ1) is 11.0. The predicted octanol–water partition coefficient (Wildman–Crippen LogP) is 4.42. The average molecular weight is 240 g/mol. The lowest BCUT2D eigenvalue weighted by molar-refractivity contribution is 0.186. The molecule has 90 valence electrons. The molecule has 1 nitrogen and oxygen atoms in total. The number of fused-ring (bicyclic) bond motifs is 1. The Morgan fingerprint density at radius 2 is 1.83 bits per heavy atom. The van der Waals surface area contributed by atoms with E-state index in [9.17, 15) is 4.39 Å². The largest absolute Gasteiger partial charge is 0.485 e. The van der Waals surface area contributed by atoms with Crippen molar-refractivity contribution in [1.29, 1.82) is 0 Å². The van der Waals surface area contributed by atoms with E-state index in [0.29, 0.717) is 0 Å². The van der Waals surface area contributed by atoms with Crippen LogP contribution in [0.5, 0.6) is 0 Å². The third-order valence-corrected chi connectivity index (χ3v) is 3.14. The highest BCUT2D eigenvalue weighted by atomic mass is 19.1. The molecule has 0 aliphatic carbocycles. The van der Waals surface area contributed by atoms with Gasteiger partial charge in [0.05, 0.1) is 0 Å². The van der Waals surface area contributed by atoms with Crippen molar-refractivity contribution in [1.82, 2.24) is 0 Å². The van der Waals surface area contributed by atoms with E-state index in [1.165, 1.54) is 12.1 Å². The molecule has 1 unspecified atom stereocenters. The minimum absolute atomic E-state index is 0.129. The number of rotatable bonds is 1. The fourth-order valence-corrected chi connectivity index (χ4v) is 2.21. The quantitative estimate of drug-likeness (QED) is 0.717. The van der Waals surface area contributed by atoms with Gasteiger partial charge in [-0.25, -0.2) is 4.39 Å². The summed E-state index contributed by atoms with van der Waals surface area (Å²) in [5.74, 6) is 0.614. The van der Waals surface area contributed by atoms with Crippen molar-refractivity contribution >= 4 is 11.8 Å². The number of hydrogen-bond acceptors (Lipinski definition) is 1. The first-order valence-corrected chi connectivity index (χ1v) is 5.97. The van der Waals surface area contributed by atoms with Crippen molar-refractivity contribution in [3.8, 4) is 0 Å². The molecule has 0 aromatic heterocycles. The fourth-order valence-electron chi connectivity index (χ4n) is 2.21. The summed E-state index contributed by atoms with van der Waals surface area (Å²) in [6.45, 7) is 1.94. The van der Waals surface area contributed by atoms with Gasteiger partial charge in [0, 0.05) is 11.1 Å². The average Bonchev–Trinajstić information content (AvgIpc) is 2.40. The molecule has 1 aliphatic rings. The Bertz CT molecular complexity index is 602. The minimum atomic E-state index is -0.222. The van der Waals surface area contributed by atoms with Gasteiger partial charge in [0.2, 0.25) is 0 Å². The Morgan fingerprint density at radius 3 is 2.61 bits per heavy atom. The third-order valence-electron chi connectivity index (χ3n) is 3.14. The molecule has 0 fully saturated rings. The van der Waals surface area contributed by atoms with Crippen LogP contribution in [0.4, 0.5) is 4.39 Å². The summed E-state index contributed by atoms with van der Waals surface area (Å²) in [6, 6.07) is 14.8. The van der Waals surface area contributed by atoms with Gasteiger partial charge in [0.15, 0.2) is 0 Å². The number of halogens is 1. The molecule has 3 rings (SSSR count). The molecule has 1 aliphatic heterocycles. The van der Waals surface area contributed by atoms with E-state index < -0.39 is 0 Å². The van der Waals surface area contributed by atoms with Crippen LogP contribution < -0.4 is 0 Å². The van der Waals surface area contributed by atoms with E-state index in [2.05, 4.69) is 0 Å². The highest BCUT2D eigenvalue weighted by Gasteiger charge is 2.19. The van der Waals surface area contributed by atoms with Gasteiger partial charge in [0.1, 0.15) is 17.7 Å². The zero-order valence-electron chi connectivity index (χ0n) is 10.1. The molecule has 2 aromatic carbocycles. The van der Waals surface area contributed by atoms with Crippen LogP contribution in [0.3, 0.4) is 0 Å². The lowest BCUT2D eigenvalue weighted by atomic mass is 9.98. The highest BCUT2D eigenvalue weighted by molar-refractivity contribution is 5.80. The van der Waals surface area contributed by atoms with Crippen LogP contribution in [0.1, 0.15) is 29.7 Å². The Balaban J connectivity index is 2.08. The minimum Gasteiger partial charge on any atom is -0.485 e. The van der Waals surface area contributed by atoms with Crippen LogP contribution >= 0.6 is 0 Å². The maximum Gasteiger partial charge on any atom is 0.128 e. The number of hydrogen-bond donors (Lipinski definition) is 0. The van der Waals surface area contributed by atoms with Crippen molar-refractivity contribution in [3.63, 3.8) is 0 Å². The van der Waals surface area contributed by atoms with Crippen LogP contribution in [0, 0.1) is 5.82 Å². The van der Waals surface area contributed by atoms with Crippen molar-refractivity contribution in [2.75, 3.05) is 0 Å². The smallest absolute Gasteiger partial charge is 0.128 e. The summed E-state index contributed by atoms with van der Waals surface area (Å²) >= 11 is 0. The van der Waals surface area contributed by atoms with Crippen LogP contribution in [0.25, 0.3) is 11.8 Å². The molecule has 0 amide bonds. The lowest BCUT2D eigenvalue weighted by Gasteiger charge is -2.24. The van der Waals surface area contributed by atoms with E-state index in [1.54, 1.807) is 6.07 Å². The van der Waals surface area contributed by atoms with E-state index in [1.807, 2.05) is 43.3 Å². The van der Waals surface area contributed by atoms with Crippen LogP contribution in [0.2, 0.25) is 0 Å². The zero-order chi connectivity index (χ0) is 12.5. The van der Waals surface area contributed by atoms with Gasteiger partial charge < -0.3 is 4.74 Å². The van der Waals surface area contributed by atoms with Gasteiger partial charge in [-0.05, 0) is 30.7 Å². The molecule has 0 N–H and O–H groups in total. The Hall–Kier alpha value is -2.09. The van der Waals surface area contributed by atoms with Crippen molar-refractivity contribution < 1.29 is 9.13 Å². The molecule has 2 aromatic rings. The standard InChI is InChI=1S/C16H13FO/c1-11-15-10-14(17)8-7-13(15)9-16(18-11)12-5-3-2-4-6-12/h2-11H,1H3. The molecular weight excluding hydrogens is 227 g/mol. The SMILES string of the molecule is CC1OC(c2ccccc2)=Cc2ccc(F)cc21. The monoisotopic (exact) mass is 240 g/mol. The Morgan fingerprint density at radius 1 is 1.06 bits per heavy atom. The third kappa shape index (κ3) is 1.90. The van der Waals surface area contributed by atoms with Gasteiger partial charge in [0.25, 0.3) is 0 Å². The Labute approximate surface area is 106 Å². The first-order valence-electron chi connectivity index (χ1n) is 5.97. The van der Waals surface area contributed by atoms with Crippen molar-refractivity contribution in [2.45, 2.75) is 13.0 Å². The maximum absolute atomic E-state index is 13.2. The summed E-state index contributed by atoms with van der Waals surface area (Å²) in [6.07, 6.45) is 1.83. The zero-order valence-corrected chi connectivity index (χ0v) is 10.1. The second kappa shape index (κ2) is 4.30. The second-order valence-electron chi connectivity index (χ2n) is 4.41. The Kier molecular flexibility index (Phi) is 2.63. The second-order valence-corrected chi connectivity index (χ2v) is 4.41. The molecular formula is C16H13FO. The van der Waals surface area contributed by atoms with Crippen molar-refractivity contribution in [2.24, 2.45) is 0 Å². The summed E-state index contributed by atoms with van der Waals surface area (Å²) < 4.78 is 19.1. The highest BCUT2D eigenvalue weighted by Crippen LogP contribution is 2.35.